The van der Waals surface area contributed by atoms with Crippen LogP contribution in [0.1, 0.15) is 90.4 Å². The summed E-state index contributed by atoms with van der Waals surface area (Å²) in [5.74, 6) is 2.61. The lowest BCUT2D eigenvalue weighted by Crippen LogP contribution is -2.64. The number of rotatable bonds is 5. The van der Waals surface area contributed by atoms with Gasteiger partial charge in [0.15, 0.2) is 0 Å². The summed E-state index contributed by atoms with van der Waals surface area (Å²) in [6, 6.07) is 0. The van der Waals surface area contributed by atoms with Crippen LogP contribution in [-0.2, 0) is 8.85 Å². The predicted octanol–water partition coefficient (Wildman–Crippen LogP) is 5.87. The van der Waals surface area contributed by atoms with E-state index in [1.54, 1.807) is 0 Å². The Hall–Kier alpha value is 0.0969. The van der Waals surface area contributed by atoms with Crippen LogP contribution in [0.3, 0.4) is 0 Å². The van der Waals surface area contributed by atoms with Crippen LogP contribution in [0.15, 0.2) is 0 Å². The summed E-state index contributed by atoms with van der Waals surface area (Å²) in [5, 5.41) is 0. The lowest BCUT2D eigenvalue weighted by Gasteiger charge is -2.48. The highest BCUT2D eigenvalue weighted by atomic mass is 28.4. The third kappa shape index (κ3) is 4.56. The first-order valence-corrected chi connectivity index (χ1v) is 13.4. The fourth-order valence-electron chi connectivity index (χ4n) is 6.29. The summed E-state index contributed by atoms with van der Waals surface area (Å²) in [4.78, 5) is 0. The van der Waals surface area contributed by atoms with Crippen molar-refractivity contribution >= 4 is 8.72 Å². The quantitative estimate of drug-likeness (QED) is 0.439. The van der Waals surface area contributed by atoms with Crippen molar-refractivity contribution in [2.75, 3.05) is 27.3 Å². The van der Waals surface area contributed by atoms with Crippen molar-refractivity contribution in [2.45, 2.75) is 95.9 Å². The first-order chi connectivity index (χ1) is 12.7. The fourth-order valence-corrected chi connectivity index (χ4v) is 10.5. The van der Waals surface area contributed by atoms with E-state index < -0.39 is 8.72 Å². The molecule has 1 aliphatic heterocycles. The Balaban J connectivity index is 1.85. The van der Waals surface area contributed by atoms with Gasteiger partial charge in [-0.3, -0.25) is 4.57 Å². The van der Waals surface area contributed by atoms with Crippen molar-refractivity contribution in [1.82, 2.24) is 4.57 Å². The molecule has 0 aromatic heterocycles. The molecule has 2 aliphatic carbocycles. The summed E-state index contributed by atoms with van der Waals surface area (Å²) in [6.07, 6.45) is 18.3. The van der Waals surface area contributed by atoms with Gasteiger partial charge >= 0.3 is 8.72 Å². The summed E-state index contributed by atoms with van der Waals surface area (Å²) in [5.41, 5.74) is 0.663. The van der Waals surface area contributed by atoms with Crippen LogP contribution < -0.4 is 0 Å². The molecule has 0 aromatic rings. The summed E-state index contributed by atoms with van der Waals surface area (Å²) in [7, 11) is 1.59. The van der Waals surface area contributed by atoms with Crippen LogP contribution in [0.5, 0.6) is 0 Å². The minimum absolute atomic E-state index is 0.663. The summed E-state index contributed by atoms with van der Waals surface area (Å²) >= 11 is 0. The minimum Gasteiger partial charge on any atom is -0.386 e. The molecular weight excluding hydrogens is 338 g/mol. The summed E-state index contributed by atoms with van der Waals surface area (Å²) in [6.45, 7) is 4.77. The van der Waals surface area contributed by atoms with Gasteiger partial charge in [-0.25, -0.2) is 0 Å². The highest BCUT2D eigenvalue weighted by Crippen LogP contribution is 2.49. The molecule has 0 spiro atoms. The second-order valence-electron chi connectivity index (χ2n) is 9.37. The maximum Gasteiger partial charge on any atom is 0.430 e. The van der Waals surface area contributed by atoms with Crippen molar-refractivity contribution in [1.29, 1.82) is 0 Å². The van der Waals surface area contributed by atoms with Crippen LogP contribution in [0.2, 0.25) is 5.54 Å². The normalized spacial score (nSPS) is 31.5. The van der Waals surface area contributed by atoms with E-state index in [2.05, 4.69) is 11.5 Å². The molecule has 1 saturated heterocycles. The van der Waals surface area contributed by atoms with E-state index in [0.717, 1.165) is 17.8 Å². The average molecular weight is 382 g/mol. The molecule has 0 bridgehead atoms. The number of hydrogen-bond acceptors (Lipinski definition) is 3. The highest BCUT2D eigenvalue weighted by Gasteiger charge is 2.55. The molecule has 0 amide bonds. The Kier molecular flexibility index (Phi) is 8.04. The SMILES string of the molecule is CO[Si](OC)(C1CCCCCC1C1CCCCCC1)N1CCC(C)CC1. The van der Waals surface area contributed by atoms with E-state index in [0.29, 0.717) is 5.54 Å². The first kappa shape index (κ1) is 20.8. The molecule has 3 nitrogen and oxygen atoms in total. The van der Waals surface area contributed by atoms with Gasteiger partial charge in [-0.1, -0.05) is 64.7 Å². The molecule has 1 heterocycles. The second-order valence-corrected chi connectivity index (χ2v) is 12.8. The van der Waals surface area contributed by atoms with Gasteiger partial charge in [0.25, 0.3) is 0 Å². The third-order valence-electron chi connectivity index (χ3n) is 7.85. The Morgan fingerprint density at radius 3 is 1.85 bits per heavy atom. The summed E-state index contributed by atoms with van der Waals surface area (Å²) < 4.78 is 15.6. The van der Waals surface area contributed by atoms with Crippen LogP contribution in [0.4, 0.5) is 0 Å². The van der Waals surface area contributed by atoms with E-state index in [1.165, 1.54) is 96.6 Å². The van der Waals surface area contributed by atoms with Crippen LogP contribution in [0.25, 0.3) is 0 Å². The number of nitrogens with zero attached hydrogens (tertiary/aromatic N) is 1. The smallest absolute Gasteiger partial charge is 0.386 e. The van der Waals surface area contributed by atoms with Gasteiger partial charge in [0.2, 0.25) is 0 Å². The Bertz CT molecular complexity index is 399. The van der Waals surface area contributed by atoms with Crippen LogP contribution in [0, 0.1) is 17.8 Å². The lowest BCUT2D eigenvalue weighted by atomic mass is 9.81. The fraction of sp³-hybridized carbons (Fsp3) is 1.00. The molecule has 0 radical (unpaired) electrons. The van der Waals surface area contributed by atoms with Gasteiger partial charge in [-0.15, -0.1) is 0 Å². The molecule has 26 heavy (non-hydrogen) atoms. The molecule has 4 heteroatoms. The molecular formula is C22H43NO2Si. The molecule has 2 unspecified atom stereocenters. The van der Waals surface area contributed by atoms with Gasteiger partial charge in [0.1, 0.15) is 0 Å². The predicted molar refractivity (Wildman–Crippen MR) is 111 cm³/mol. The maximum absolute atomic E-state index is 6.45. The van der Waals surface area contributed by atoms with Crippen molar-refractivity contribution in [3.8, 4) is 0 Å². The highest BCUT2D eigenvalue weighted by molar-refractivity contribution is 6.66. The maximum atomic E-state index is 6.45. The largest absolute Gasteiger partial charge is 0.430 e. The molecule has 3 rings (SSSR count). The van der Waals surface area contributed by atoms with Crippen molar-refractivity contribution in [3.05, 3.63) is 0 Å². The Morgan fingerprint density at radius 2 is 1.23 bits per heavy atom. The molecule has 2 saturated carbocycles. The topological polar surface area (TPSA) is 21.7 Å². The van der Waals surface area contributed by atoms with Crippen LogP contribution in [-0.4, -0.2) is 40.6 Å². The van der Waals surface area contributed by atoms with Crippen molar-refractivity contribution in [3.63, 3.8) is 0 Å². The van der Waals surface area contributed by atoms with Crippen molar-refractivity contribution < 1.29 is 8.85 Å². The molecule has 0 aromatic carbocycles. The Labute approximate surface area is 163 Å². The lowest BCUT2D eigenvalue weighted by molar-refractivity contribution is 0.105. The second kappa shape index (κ2) is 10.0. The van der Waals surface area contributed by atoms with E-state index in [4.69, 9.17) is 8.85 Å². The Morgan fingerprint density at radius 1 is 0.692 bits per heavy atom. The van der Waals surface area contributed by atoms with E-state index >= 15 is 0 Å². The monoisotopic (exact) mass is 381 g/mol. The molecule has 3 fully saturated rings. The molecule has 3 aliphatic rings. The van der Waals surface area contributed by atoms with Gasteiger partial charge in [-0.2, -0.15) is 0 Å². The zero-order chi connectivity index (χ0) is 18.4. The molecule has 0 N–H and O–H groups in total. The standard InChI is InChI=1S/C22H43NO2Si/c1-19-15-17-23(18-16-19)26(24-2,25-3)22-14-10-6-9-13-21(22)20-11-7-4-5-8-12-20/h19-22H,4-18H2,1-3H3. The van der Waals surface area contributed by atoms with E-state index in [9.17, 15) is 0 Å². The minimum atomic E-state index is -2.33. The number of hydrogen-bond donors (Lipinski definition) is 0. The number of piperidine rings is 1. The zero-order valence-electron chi connectivity index (χ0n) is 17.7. The van der Waals surface area contributed by atoms with E-state index in [-0.39, 0.29) is 0 Å². The molecule has 152 valence electrons. The van der Waals surface area contributed by atoms with Gasteiger partial charge < -0.3 is 8.85 Å². The van der Waals surface area contributed by atoms with Gasteiger partial charge in [0.05, 0.1) is 0 Å². The third-order valence-corrected chi connectivity index (χ3v) is 12.0. The average Bonchev–Trinajstić information content (AvgIpc) is 3.08. The van der Waals surface area contributed by atoms with E-state index in [1.807, 2.05) is 14.2 Å². The first-order valence-electron chi connectivity index (χ1n) is 11.6. The van der Waals surface area contributed by atoms with Gasteiger partial charge in [-0.05, 0) is 56.5 Å². The van der Waals surface area contributed by atoms with Crippen LogP contribution >= 0.6 is 0 Å². The van der Waals surface area contributed by atoms with Crippen molar-refractivity contribution in [2.24, 2.45) is 17.8 Å². The zero-order valence-corrected chi connectivity index (χ0v) is 18.7. The molecule has 2 atom stereocenters. The van der Waals surface area contributed by atoms with Gasteiger partial charge in [0, 0.05) is 19.8 Å².